The first-order valence-electron chi connectivity index (χ1n) is 11.9. The van der Waals surface area contributed by atoms with Crippen LogP contribution >= 0.6 is 0 Å². The van der Waals surface area contributed by atoms with Gasteiger partial charge in [0.1, 0.15) is 5.82 Å². The van der Waals surface area contributed by atoms with Crippen molar-refractivity contribution in [3.63, 3.8) is 0 Å². The van der Waals surface area contributed by atoms with Crippen molar-refractivity contribution >= 4 is 10.9 Å². The van der Waals surface area contributed by atoms with Gasteiger partial charge in [-0.1, -0.05) is 52.0 Å². The topological polar surface area (TPSA) is 38.0 Å². The molecule has 1 N–H and O–H groups in total. The van der Waals surface area contributed by atoms with Crippen LogP contribution in [-0.4, -0.2) is 14.7 Å². The van der Waals surface area contributed by atoms with E-state index in [1.165, 1.54) is 16.7 Å². The molecule has 4 heteroatoms. The summed E-state index contributed by atoms with van der Waals surface area (Å²) in [6.07, 6.45) is 5.71. The maximum Gasteiger partial charge on any atom is 0.128 e. The van der Waals surface area contributed by atoms with Gasteiger partial charge >= 0.3 is 0 Å². The molecule has 0 aliphatic carbocycles. The Hall–Kier alpha value is -2.98. The van der Waals surface area contributed by atoms with E-state index in [1.807, 2.05) is 23.0 Å². The van der Waals surface area contributed by atoms with Crippen LogP contribution in [0.4, 0.5) is 4.39 Å². The third-order valence-corrected chi connectivity index (χ3v) is 6.46. The molecule has 1 unspecified atom stereocenters. The Morgan fingerprint density at radius 3 is 2.33 bits per heavy atom. The number of nitrogens with zero attached hydrogens (tertiary/aromatic N) is 2. The van der Waals surface area contributed by atoms with Gasteiger partial charge in [-0.05, 0) is 67.0 Å². The molecule has 4 rings (SSSR count). The number of hydrogen-bond donors (Lipinski definition) is 1. The maximum absolute atomic E-state index is 14.4. The minimum Gasteiger partial charge on any atom is -0.388 e. The first kappa shape index (κ1) is 23.2. The van der Waals surface area contributed by atoms with Gasteiger partial charge in [-0.2, -0.15) is 0 Å². The smallest absolute Gasteiger partial charge is 0.128 e. The molecule has 1 atom stereocenters. The number of aromatic nitrogens is 2. The normalized spacial score (nSPS) is 12.6. The largest absolute Gasteiger partial charge is 0.388 e. The van der Waals surface area contributed by atoms with E-state index in [0.717, 1.165) is 40.7 Å². The highest BCUT2D eigenvalue weighted by Crippen LogP contribution is 2.36. The van der Waals surface area contributed by atoms with Crippen LogP contribution in [0.3, 0.4) is 0 Å². The van der Waals surface area contributed by atoms with Crippen LogP contribution in [0.5, 0.6) is 0 Å². The summed E-state index contributed by atoms with van der Waals surface area (Å²) in [6.45, 7) is 10.3. The Morgan fingerprint density at radius 1 is 1.03 bits per heavy atom. The fraction of sp³-hybridized carbons (Fsp3) is 0.345. The SMILES string of the molecule is CCc1cccc(CC)c1-c1cc2c(C(O)CC(C)C)cn(-c3ccc(C)c(F)c3)c2cn1. The minimum absolute atomic E-state index is 0.243. The van der Waals surface area contributed by atoms with Gasteiger partial charge < -0.3 is 9.67 Å². The molecule has 4 aromatic rings. The standard InChI is InChI=1S/C29H33FN2O/c1-6-20-9-8-10-21(7-2)29(20)26-15-23-24(28(33)13-18(3)4)17-32(27(23)16-31-26)22-12-11-19(5)25(30)14-22/h8-12,14-18,28,33H,6-7,13H2,1-5H3. The van der Waals surface area contributed by atoms with Crippen molar-refractivity contribution in [2.45, 2.75) is 60.0 Å². The van der Waals surface area contributed by atoms with Crippen molar-refractivity contribution in [3.8, 4) is 16.9 Å². The average Bonchev–Trinajstić information content (AvgIpc) is 3.18. The molecule has 0 bridgehead atoms. The van der Waals surface area contributed by atoms with E-state index in [4.69, 9.17) is 4.98 Å². The Labute approximate surface area is 195 Å². The Morgan fingerprint density at radius 2 is 1.73 bits per heavy atom. The fourth-order valence-corrected chi connectivity index (χ4v) is 4.64. The van der Waals surface area contributed by atoms with E-state index in [9.17, 15) is 9.50 Å². The third kappa shape index (κ3) is 4.45. The zero-order valence-electron chi connectivity index (χ0n) is 20.2. The van der Waals surface area contributed by atoms with Crippen LogP contribution in [0, 0.1) is 18.7 Å². The van der Waals surface area contributed by atoms with Crippen molar-refractivity contribution < 1.29 is 9.50 Å². The maximum atomic E-state index is 14.4. The van der Waals surface area contributed by atoms with Crippen LogP contribution in [0.2, 0.25) is 0 Å². The van der Waals surface area contributed by atoms with Crippen molar-refractivity contribution in [2.24, 2.45) is 5.92 Å². The number of hydrogen-bond acceptors (Lipinski definition) is 2. The molecule has 2 aromatic heterocycles. The summed E-state index contributed by atoms with van der Waals surface area (Å²) in [5.74, 6) is 0.108. The summed E-state index contributed by atoms with van der Waals surface area (Å²) in [4.78, 5) is 4.86. The lowest BCUT2D eigenvalue weighted by atomic mass is 9.93. The summed E-state index contributed by atoms with van der Waals surface area (Å²) in [6, 6.07) is 13.8. The second-order valence-corrected chi connectivity index (χ2v) is 9.28. The molecule has 0 spiro atoms. The molecule has 0 saturated carbocycles. The summed E-state index contributed by atoms with van der Waals surface area (Å²) in [5, 5.41) is 12.1. The quantitative estimate of drug-likeness (QED) is 0.324. The Bertz CT molecular complexity index is 1270. The number of rotatable bonds is 7. The van der Waals surface area contributed by atoms with Gasteiger partial charge in [0.05, 0.1) is 23.5 Å². The molecule has 0 amide bonds. The van der Waals surface area contributed by atoms with Crippen molar-refractivity contribution in [1.82, 2.24) is 9.55 Å². The van der Waals surface area contributed by atoms with E-state index >= 15 is 0 Å². The highest BCUT2D eigenvalue weighted by molar-refractivity contribution is 5.89. The first-order chi connectivity index (χ1) is 15.8. The van der Waals surface area contributed by atoms with Crippen LogP contribution in [0.25, 0.3) is 27.8 Å². The molecule has 2 aromatic carbocycles. The molecule has 172 valence electrons. The lowest BCUT2D eigenvalue weighted by molar-refractivity contribution is 0.152. The third-order valence-electron chi connectivity index (χ3n) is 6.46. The monoisotopic (exact) mass is 444 g/mol. The lowest BCUT2D eigenvalue weighted by Gasteiger charge is -2.14. The Balaban J connectivity index is 1.96. The van der Waals surface area contributed by atoms with E-state index in [1.54, 1.807) is 19.1 Å². The summed E-state index contributed by atoms with van der Waals surface area (Å²) >= 11 is 0. The number of aliphatic hydroxyl groups is 1. The predicted molar refractivity (Wildman–Crippen MR) is 134 cm³/mol. The van der Waals surface area contributed by atoms with Gasteiger partial charge in [0.2, 0.25) is 0 Å². The highest BCUT2D eigenvalue weighted by Gasteiger charge is 2.20. The predicted octanol–water partition coefficient (Wildman–Crippen LogP) is 7.34. The number of halogens is 1. The summed E-state index contributed by atoms with van der Waals surface area (Å²) in [5.41, 5.74) is 7.70. The number of aryl methyl sites for hydroxylation is 3. The van der Waals surface area contributed by atoms with Gasteiger partial charge in [0.25, 0.3) is 0 Å². The highest BCUT2D eigenvalue weighted by atomic mass is 19.1. The summed E-state index contributed by atoms with van der Waals surface area (Å²) < 4.78 is 16.3. The molecule has 2 heterocycles. The van der Waals surface area contributed by atoms with Gasteiger partial charge in [0, 0.05) is 28.4 Å². The number of benzene rings is 2. The van der Waals surface area contributed by atoms with Crippen molar-refractivity contribution in [3.05, 3.63) is 82.9 Å². The van der Waals surface area contributed by atoms with Crippen LogP contribution in [0.15, 0.2) is 54.9 Å². The molecule has 0 aliphatic heterocycles. The number of pyridine rings is 1. The average molecular weight is 445 g/mol. The van der Waals surface area contributed by atoms with Gasteiger partial charge in [0.15, 0.2) is 0 Å². The van der Waals surface area contributed by atoms with E-state index in [-0.39, 0.29) is 5.82 Å². The molecule has 0 aliphatic rings. The zero-order valence-corrected chi connectivity index (χ0v) is 20.2. The molecule has 0 fully saturated rings. The summed E-state index contributed by atoms with van der Waals surface area (Å²) in [7, 11) is 0. The fourth-order valence-electron chi connectivity index (χ4n) is 4.64. The van der Waals surface area contributed by atoms with Gasteiger partial charge in [-0.15, -0.1) is 0 Å². The van der Waals surface area contributed by atoms with Crippen LogP contribution in [-0.2, 0) is 12.8 Å². The van der Waals surface area contributed by atoms with E-state index < -0.39 is 6.10 Å². The van der Waals surface area contributed by atoms with E-state index in [2.05, 4.69) is 52.0 Å². The second-order valence-electron chi connectivity index (χ2n) is 9.28. The first-order valence-corrected chi connectivity index (χ1v) is 11.9. The minimum atomic E-state index is -0.605. The molecular formula is C29H33FN2O. The van der Waals surface area contributed by atoms with Gasteiger partial charge in [-0.25, -0.2) is 4.39 Å². The Kier molecular flexibility index (Phi) is 6.66. The molecular weight excluding hydrogens is 411 g/mol. The molecule has 0 saturated heterocycles. The van der Waals surface area contributed by atoms with Crippen LogP contribution in [0.1, 0.15) is 62.5 Å². The van der Waals surface area contributed by atoms with Crippen LogP contribution < -0.4 is 0 Å². The molecule has 0 radical (unpaired) electrons. The van der Waals surface area contributed by atoms with Gasteiger partial charge in [-0.3, -0.25) is 4.98 Å². The second kappa shape index (κ2) is 9.48. The molecule has 33 heavy (non-hydrogen) atoms. The number of fused-ring (bicyclic) bond motifs is 1. The molecule has 3 nitrogen and oxygen atoms in total. The van der Waals surface area contributed by atoms with Crippen molar-refractivity contribution in [2.75, 3.05) is 0 Å². The van der Waals surface area contributed by atoms with E-state index in [0.29, 0.717) is 17.9 Å². The zero-order chi connectivity index (χ0) is 23.7. The lowest BCUT2D eigenvalue weighted by Crippen LogP contribution is -2.01. The van der Waals surface area contributed by atoms with Crippen molar-refractivity contribution in [1.29, 1.82) is 0 Å². The number of aliphatic hydroxyl groups excluding tert-OH is 1.